The molecular weight excluding hydrogens is 327 g/mol. The molecule has 0 spiro atoms. The Kier molecular flexibility index (Phi) is 6.42. The first-order chi connectivity index (χ1) is 11.4. The molecule has 1 heterocycles. The molecule has 0 bridgehead atoms. The number of anilines is 1. The molecule has 1 aromatic carbocycles. The molecule has 1 aliphatic rings. The molecule has 0 unspecified atom stereocenters. The quantitative estimate of drug-likeness (QED) is 0.805. The minimum atomic E-state index is -4.75. The largest absolute Gasteiger partial charge is 0.573 e. The summed E-state index contributed by atoms with van der Waals surface area (Å²) in [5.41, 5.74) is 3.00. The molecule has 9 heteroatoms. The standard InChI is InChI=1S/C15H18F3N3O3/c16-15(17,18)24-12-7-5-11(6-8-12)20-14(22)10-23-21-13-4-2-1-3-9-19-13/h5-8H,1-4,9-10H2,(H,19,21)(H,20,22). The highest BCUT2D eigenvalue weighted by atomic mass is 19.4. The van der Waals surface area contributed by atoms with Gasteiger partial charge in [0.05, 0.1) is 0 Å². The Bertz CT molecular complexity index is 574. The number of hydrogen-bond donors (Lipinski definition) is 2. The van der Waals surface area contributed by atoms with Crippen LogP contribution in [0.2, 0.25) is 0 Å². The first-order valence-corrected chi connectivity index (χ1v) is 7.49. The van der Waals surface area contributed by atoms with E-state index >= 15 is 0 Å². The van der Waals surface area contributed by atoms with Gasteiger partial charge in [0.15, 0.2) is 6.61 Å². The summed E-state index contributed by atoms with van der Waals surface area (Å²) < 4.78 is 39.9. The fourth-order valence-corrected chi connectivity index (χ4v) is 2.08. The molecule has 2 N–H and O–H groups in total. The molecule has 0 radical (unpaired) electrons. The van der Waals surface area contributed by atoms with E-state index in [2.05, 4.69) is 20.5 Å². The van der Waals surface area contributed by atoms with Gasteiger partial charge in [-0.15, -0.1) is 13.2 Å². The van der Waals surface area contributed by atoms with E-state index < -0.39 is 12.3 Å². The van der Waals surface area contributed by atoms with Crippen LogP contribution in [0.4, 0.5) is 18.9 Å². The number of nitrogens with one attached hydrogen (secondary N) is 2. The third-order valence-corrected chi connectivity index (χ3v) is 3.14. The van der Waals surface area contributed by atoms with Gasteiger partial charge in [-0.1, -0.05) is 6.42 Å². The lowest BCUT2D eigenvalue weighted by Crippen LogP contribution is -2.29. The van der Waals surface area contributed by atoms with Crippen LogP contribution in [0.25, 0.3) is 0 Å². The molecule has 132 valence electrons. The summed E-state index contributed by atoms with van der Waals surface area (Å²) in [6.45, 7) is 0.490. The Morgan fingerprint density at radius 2 is 1.92 bits per heavy atom. The van der Waals surface area contributed by atoms with Gasteiger partial charge >= 0.3 is 6.36 Å². The predicted molar refractivity (Wildman–Crippen MR) is 81.6 cm³/mol. The topological polar surface area (TPSA) is 72.0 Å². The van der Waals surface area contributed by atoms with Crippen LogP contribution in [0.5, 0.6) is 5.75 Å². The summed E-state index contributed by atoms with van der Waals surface area (Å²) >= 11 is 0. The van der Waals surface area contributed by atoms with Crippen molar-refractivity contribution in [3.8, 4) is 5.75 Å². The van der Waals surface area contributed by atoms with Gasteiger partial charge in [-0.25, -0.2) is 0 Å². The molecule has 1 aliphatic heterocycles. The molecule has 0 saturated carbocycles. The van der Waals surface area contributed by atoms with Crippen LogP contribution in [0.15, 0.2) is 29.3 Å². The Balaban J connectivity index is 1.72. The molecule has 2 rings (SSSR count). The van der Waals surface area contributed by atoms with Gasteiger partial charge in [0.2, 0.25) is 0 Å². The van der Waals surface area contributed by atoms with Crippen molar-refractivity contribution < 1.29 is 27.5 Å². The Hall–Kier alpha value is -2.29. The van der Waals surface area contributed by atoms with Crippen molar-refractivity contribution in [1.29, 1.82) is 0 Å². The number of halogens is 3. The van der Waals surface area contributed by atoms with Crippen molar-refractivity contribution >= 4 is 17.4 Å². The van der Waals surface area contributed by atoms with Crippen molar-refractivity contribution in [2.24, 2.45) is 4.99 Å². The average molecular weight is 345 g/mol. The first-order valence-electron chi connectivity index (χ1n) is 7.49. The van der Waals surface area contributed by atoms with E-state index in [0.717, 1.165) is 44.4 Å². The lowest BCUT2D eigenvalue weighted by Gasteiger charge is -2.11. The van der Waals surface area contributed by atoms with E-state index in [1.807, 2.05) is 0 Å². The third-order valence-electron chi connectivity index (χ3n) is 3.14. The summed E-state index contributed by atoms with van der Waals surface area (Å²) in [5.74, 6) is -0.0834. The van der Waals surface area contributed by atoms with E-state index in [1.165, 1.54) is 12.1 Å². The SMILES string of the molecule is O=C(CONC1=NCCCCC1)Nc1ccc(OC(F)(F)F)cc1. The van der Waals surface area contributed by atoms with E-state index in [1.54, 1.807) is 0 Å². The maximum Gasteiger partial charge on any atom is 0.573 e. The highest BCUT2D eigenvalue weighted by Gasteiger charge is 2.30. The second-order valence-electron chi connectivity index (χ2n) is 5.15. The number of rotatable bonds is 5. The molecule has 24 heavy (non-hydrogen) atoms. The minimum Gasteiger partial charge on any atom is -0.406 e. The Morgan fingerprint density at radius 3 is 2.62 bits per heavy atom. The van der Waals surface area contributed by atoms with Gasteiger partial charge in [-0.3, -0.25) is 20.1 Å². The summed E-state index contributed by atoms with van der Waals surface area (Å²) in [7, 11) is 0. The van der Waals surface area contributed by atoms with Gasteiger partial charge in [0, 0.05) is 18.7 Å². The summed E-state index contributed by atoms with van der Waals surface area (Å²) in [6, 6.07) is 4.84. The van der Waals surface area contributed by atoms with Crippen molar-refractivity contribution in [3.63, 3.8) is 0 Å². The summed E-state index contributed by atoms with van der Waals surface area (Å²) in [4.78, 5) is 21.1. The number of hydrogen-bond acceptors (Lipinski definition) is 5. The van der Waals surface area contributed by atoms with Crippen LogP contribution in [-0.2, 0) is 9.63 Å². The maximum absolute atomic E-state index is 12.0. The number of hydroxylamine groups is 1. The molecule has 0 saturated heterocycles. The molecule has 6 nitrogen and oxygen atoms in total. The van der Waals surface area contributed by atoms with E-state index in [4.69, 9.17) is 4.84 Å². The highest BCUT2D eigenvalue weighted by Crippen LogP contribution is 2.23. The first kappa shape index (κ1) is 18.1. The number of aliphatic imine (C=N–C) groups is 1. The zero-order valence-corrected chi connectivity index (χ0v) is 12.9. The van der Waals surface area contributed by atoms with Crippen LogP contribution in [0.3, 0.4) is 0 Å². The Labute approximate surface area is 137 Å². The number of amides is 1. The third kappa shape index (κ3) is 6.86. The second-order valence-corrected chi connectivity index (χ2v) is 5.15. The van der Waals surface area contributed by atoms with Gasteiger partial charge in [0.25, 0.3) is 5.91 Å². The van der Waals surface area contributed by atoms with Gasteiger partial charge in [-0.05, 0) is 37.1 Å². The van der Waals surface area contributed by atoms with Gasteiger partial charge in [-0.2, -0.15) is 0 Å². The molecule has 0 fully saturated rings. The number of ether oxygens (including phenoxy) is 1. The molecular formula is C15H18F3N3O3. The molecule has 1 amide bonds. The lowest BCUT2D eigenvalue weighted by molar-refractivity contribution is -0.274. The van der Waals surface area contributed by atoms with Crippen LogP contribution in [0, 0.1) is 0 Å². The number of carbonyl (C=O) groups excluding carboxylic acids is 1. The van der Waals surface area contributed by atoms with Gasteiger partial charge in [0.1, 0.15) is 11.6 Å². The normalized spacial score (nSPS) is 15.2. The zero-order valence-electron chi connectivity index (χ0n) is 12.9. The summed E-state index contributed by atoms with van der Waals surface area (Å²) in [6.07, 6.45) is -0.788. The summed E-state index contributed by atoms with van der Waals surface area (Å²) in [5, 5.41) is 2.50. The van der Waals surface area contributed by atoms with E-state index in [0.29, 0.717) is 11.5 Å². The number of amidine groups is 1. The van der Waals surface area contributed by atoms with E-state index in [-0.39, 0.29) is 12.4 Å². The molecule has 0 aliphatic carbocycles. The van der Waals surface area contributed by atoms with Crippen molar-refractivity contribution in [3.05, 3.63) is 24.3 Å². The predicted octanol–water partition coefficient (Wildman–Crippen LogP) is 3.02. The lowest BCUT2D eigenvalue weighted by atomic mass is 10.2. The van der Waals surface area contributed by atoms with Crippen LogP contribution in [-0.4, -0.2) is 31.3 Å². The fraction of sp³-hybridized carbons (Fsp3) is 0.467. The average Bonchev–Trinajstić information content (AvgIpc) is 2.77. The smallest absolute Gasteiger partial charge is 0.406 e. The molecule has 0 atom stereocenters. The van der Waals surface area contributed by atoms with Gasteiger partial charge < -0.3 is 10.1 Å². The van der Waals surface area contributed by atoms with E-state index in [9.17, 15) is 18.0 Å². The monoisotopic (exact) mass is 345 g/mol. The molecule has 0 aromatic heterocycles. The Morgan fingerprint density at radius 1 is 1.17 bits per heavy atom. The van der Waals surface area contributed by atoms with Crippen molar-refractivity contribution in [1.82, 2.24) is 5.48 Å². The van der Waals surface area contributed by atoms with Crippen molar-refractivity contribution in [2.45, 2.75) is 32.0 Å². The number of nitrogens with zero attached hydrogens (tertiary/aromatic N) is 1. The van der Waals surface area contributed by atoms with Crippen LogP contribution < -0.4 is 15.5 Å². The zero-order chi connectivity index (χ0) is 17.4. The number of alkyl halides is 3. The highest BCUT2D eigenvalue weighted by molar-refractivity contribution is 5.91. The maximum atomic E-state index is 12.0. The minimum absolute atomic E-state index is 0.250. The van der Waals surface area contributed by atoms with Crippen molar-refractivity contribution in [2.75, 3.05) is 18.5 Å². The van der Waals surface area contributed by atoms with Crippen LogP contribution in [0.1, 0.15) is 25.7 Å². The molecule has 1 aromatic rings. The number of carbonyl (C=O) groups is 1. The number of benzene rings is 1. The second kappa shape index (κ2) is 8.53. The fourth-order valence-electron chi connectivity index (χ4n) is 2.08. The van der Waals surface area contributed by atoms with Crippen LogP contribution >= 0.6 is 0 Å².